The van der Waals surface area contributed by atoms with E-state index in [2.05, 4.69) is 88.7 Å². The van der Waals surface area contributed by atoms with Crippen LogP contribution in [-0.4, -0.2) is 4.57 Å². The summed E-state index contributed by atoms with van der Waals surface area (Å²) in [7, 11) is 0. The van der Waals surface area contributed by atoms with Gasteiger partial charge in [-0.05, 0) is 16.3 Å². The number of hydrogen-bond donors (Lipinski definition) is 0. The van der Waals surface area contributed by atoms with Crippen LogP contribution in [0.3, 0.4) is 0 Å². The van der Waals surface area contributed by atoms with Crippen LogP contribution >= 0.6 is 47.4 Å². The van der Waals surface area contributed by atoms with E-state index in [1.54, 1.807) is 0 Å². The fraction of sp³-hybridized carbons (Fsp3) is 0.105. The van der Waals surface area contributed by atoms with Crippen LogP contribution in [0.4, 0.5) is 0 Å². The fourth-order valence-electron chi connectivity index (χ4n) is 2.46. The molecule has 1 aromatic rings. The molecule has 0 spiro atoms. The number of aromatic nitrogens is 1. The minimum atomic E-state index is 0. The molecular weight excluding hydrogens is 531 g/mol. The summed E-state index contributed by atoms with van der Waals surface area (Å²) in [5.74, 6) is 0. The van der Waals surface area contributed by atoms with Gasteiger partial charge in [0.1, 0.15) is 0 Å². The first-order valence-electron chi connectivity index (χ1n) is 6.97. The number of rotatable bonds is 1. The van der Waals surface area contributed by atoms with Crippen molar-refractivity contribution in [3.63, 3.8) is 0 Å². The van der Waals surface area contributed by atoms with Gasteiger partial charge < -0.3 is 4.57 Å². The van der Waals surface area contributed by atoms with Crippen molar-refractivity contribution in [1.82, 2.24) is 4.57 Å². The van der Waals surface area contributed by atoms with Crippen molar-refractivity contribution in [2.24, 2.45) is 0 Å². The maximum atomic E-state index is 2.99. The molecule has 4 rings (SSSR count). The second kappa shape index (κ2) is 11.4. The Kier molecular flexibility index (Phi) is 11.3. The third-order valence-corrected chi connectivity index (χ3v) is 4.17. The molecule has 5 heteroatoms. The normalized spacial score (nSPS) is 11.1. The number of hydrogen-bond acceptors (Lipinski definition) is 0. The van der Waals surface area contributed by atoms with Crippen molar-refractivity contribution < 1.29 is 26.2 Å². The van der Waals surface area contributed by atoms with Gasteiger partial charge in [0.15, 0.2) is 0 Å². The van der Waals surface area contributed by atoms with Gasteiger partial charge in [-0.2, -0.15) is 6.08 Å². The van der Waals surface area contributed by atoms with Gasteiger partial charge in [-0.15, -0.1) is 48.9 Å². The number of nitrogens with zero attached hydrogens (tertiary/aromatic N) is 1. The quantitative estimate of drug-likeness (QED) is 0.246. The van der Waals surface area contributed by atoms with E-state index < -0.39 is 0 Å². The van der Waals surface area contributed by atoms with E-state index >= 15 is 0 Å². The van der Waals surface area contributed by atoms with Crippen molar-refractivity contribution in [2.75, 3.05) is 0 Å². The molecule has 0 fully saturated rings. The predicted molar refractivity (Wildman–Crippen MR) is 112 cm³/mol. The molecule has 1 nitrogen and oxygen atoms in total. The Balaban J connectivity index is 0.000000578. The Bertz CT molecular complexity index is 749. The predicted octanol–water partition coefficient (Wildman–Crippen LogP) is 6.36. The largest absolute Gasteiger partial charge is 2.00 e. The van der Waals surface area contributed by atoms with E-state index in [0.717, 1.165) is 6.42 Å². The van der Waals surface area contributed by atoms with E-state index in [0.29, 0.717) is 0 Å². The third kappa shape index (κ3) is 5.66. The van der Waals surface area contributed by atoms with Crippen LogP contribution in [-0.2, 0) is 26.2 Å². The first-order valence-corrected chi connectivity index (χ1v) is 8.05. The molecule has 2 aliphatic carbocycles. The Morgan fingerprint density at radius 3 is 2.38 bits per heavy atom. The molecule has 0 radical (unpaired) electrons. The van der Waals surface area contributed by atoms with Gasteiger partial charge in [-0.1, -0.05) is 70.2 Å². The summed E-state index contributed by atoms with van der Waals surface area (Å²) >= 11 is 2.39. The third-order valence-electron chi connectivity index (χ3n) is 3.37. The SMILES string of the molecule is Cc1cc2c[c-](I)n(-c3ccccc3)c-2c1.Cl.Cl.[C-]1=CC=CC1.[Zr+2]. The summed E-state index contributed by atoms with van der Waals surface area (Å²) in [6.45, 7) is 2.14. The zero-order valence-electron chi connectivity index (χ0n) is 13.2. The number of halogens is 3. The van der Waals surface area contributed by atoms with Gasteiger partial charge in [0, 0.05) is 0 Å². The molecule has 1 aromatic carbocycles. The number of benzene rings is 1. The molecule has 0 bridgehead atoms. The maximum Gasteiger partial charge on any atom is 2.00 e. The zero-order chi connectivity index (χ0) is 14.7. The van der Waals surface area contributed by atoms with Gasteiger partial charge in [-0.25, -0.2) is 12.2 Å². The summed E-state index contributed by atoms with van der Waals surface area (Å²) in [5, 5.41) is 0. The van der Waals surface area contributed by atoms with Crippen molar-refractivity contribution in [3.05, 3.63) is 82.1 Å². The topological polar surface area (TPSA) is 4.93 Å². The number of para-hydroxylation sites is 1. The van der Waals surface area contributed by atoms with Crippen LogP contribution in [0.5, 0.6) is 0 Å². The second-order valence-electron chi connectivity index (χ2n) is 5.01. The van der Waals surface area contributed by atoms with Crippen molar-refractivity contribution >= 4 is 47.4 Å². The van der Waals surface area contributed by atoms with Gasteiger partial charge >= 0.3 is 26.2 Å². The Morgan fingerprint density at radius 2 is 1.83 bits per heavy atom. The van der Waals surface area contributed by atoms with Crippen molar-refractivity contribution in [1.29, 1.82) is 0 Å². The van der Waals surface area contributed by atoms with Crippen molar-refractivity contribution in [3.8, 4) is 16.9 Å². The minimum absolute atomic E-state index is 0. The number of aryl methyl sites for hydroxylation is 1. The smallest absolute Gasteiger partial charge is 0.433 e. The second-order valence-corrected chi connectivity index (χ2v) is 6.12. The average Bonchev–Trinajstić information content (AvgIpc) is 3.18. The first-order chi connectivity index (χ1) is 10.3. The first kappa shape index (κ1) is 23.8. The summed E-state index contributed by atoms with van der Waals surface area (Å²) in [5.41, 5.74) is 5.18. The standard InChI is InChI=1S/C14H11IN.C5H5.2ClH.Zr/c1-10-7-11-9-14(15)16(13(11)8-10)12-5-3-2-4-6-12;1-2-4-5-3-1;;;/h2-9H,1H3;1-3H,4H2;2*1H;/q2*-1;;;+2. The molecule has 0 saturated heterocycles. The minimum Gasteiger partial charge on any atom is -0.433 e. The average molecular weight is 549 g/mol. The van der Waals surface area contributed by atoms with Crippen LogP contribution in [0.25, 0.3) is 16.9 Å². The van der Waals surface area contributed by atoms with Crippen molar-refractivity contribution in [2.45, 2.75) is 13.3 Å². The van der Waals surface area contributed by atoms with Crippen LogP contribution < -0.4 is 0 Å². The fourth-order valence-corrected chi connectivity index (χ4v) is 3.33. The molecule has 1 heterocycles. The molecule has 3 aliphatic rings. The van der Waals surface area contributed by atoms with Gasteiger partial charge in [0.25, 0.3) is 0 Å². The summed E-state index contributed by atoms with van der Waals surface area (Å²) in [6.07, 6.45) is 10.0. The molecule has 0 amide bonds. The van der Waals surface area contributed by atoms with E-state index in [1.165, 1.54) is 26.2 Å². The molecule has 0 atom stereocenters. The Morgan fingerprint density at radius 1 is 1.12 bits per heavy atom. The molecule has 0 unspecified atom stereocenters. The van der Waals surface area contributed by atoms with E-state index in [9.17, 15) is 0 Å². The van der Waals surface area contributed by atoms with E-state index in [4.69, 9.17) is 0 Å². The molecule has 24 heavy (non-hydrogen) atoms. The number of allylic oxidation sites excluding steroid dienone is 4. The Hall–Kier alpha value is -0.217. The molecule has 0 saturated carbocycles. The summed E-state index contributed by atoms with van der Waals surface area (Å²) in [6, 6.07) is 17.2. The zero-order valence-corrected chi connectivity index (χ0v) is 19.4. The maximum absolute atomic E-state index is 2.99. The molecule has 1 aliphatic heterocycles. The van der Waals surface area contributed by atoms with E-state index in [1.807, 2.05) is 18.2 Å². The molecule has 124 valence electrons. The van der Waals surface area contributed by atoms with E-state index in [-0.39, 0.29) is 51.0 Å². The van der Waals surface area contributed by atoms with Crippen LogP contribution in [0.2, 0.25) is 0 Å². The molecule has 0 aromatic heterocycles. The van der Waals surface area contributed by atoms with Gasteiger partial charge in [0.05, 0.1) is 0 Å². The van der Waals surface area contributed by atoms with Crippen LogP contribution in [0, 0.1) is 16.7 Å². The van der Waals surface area contributed by atoms with Crippen LogP contribution in [0.15, 0.2) is 66.8 Å². The van der Waals surface area contributed by atoms with Crippen LogP contribution in [0.1, 0.15) is 12.0 Å². The monoisotopic (exact) mass is 547 g/mol. The Labute approximate surface area is 189 Å². The summed E-state index contributed by atoms with van der Waals surface area (Å²) < 4.78 is 3.55. The number of fused-ring (bicyclic) bond motifs is 1. The van der Waals surface area contributed by atoms with Gasteiger partial charge in [0.2, 0.25) is 0 Å². The summed E-state index contributed by atoms with van der Waals surface area (Å²) in [4.78, 5) is 0. The molecule has 0 N–H and O–H groups in total. The van der Waals surface area contributed by atoms with Gasteiger partial charge in [-0.3, -0.25) is 6.08 Å². The molecular formula is C19H18Cl2INZr.